The van der Waals surface area contributed by atoms with Gasteiger partial charge >= 0.3 is 0 Å². The van der Waals surface area contributed by atoms with Gasteiger partial charge in [-0.3, -0.25) is 0 Å². The molecule has 1 aromatic carbocycles. The molecule has 118 valence electrons. The minimum atomic E-state index is 0.683. The fourth-order valence-corrected chi connectivity index (χ4v) is 3.68. The van der Waals surface area contributed by atoms with E-state index in [1.807, 2.05) is 6.07 Å². The molecule has 2 rings (SSSR count). The molecule has 0 saturated heterocycles. The summed E-state index contributed by atoms with van der Waals surface area (Å²) in [5.74, 6) is 3.34. The lowest BCUT2D eigenvalue weighted by Crippen LogP contribution is -2.32. The predicted molar refractivity (Wildman–Crippen MR) is 90.0 cm³/mol. The molecule has 0 aromatic heterocycles. The van der Waals surface area contributed by atoms with Crippen LogP contribution in [0.15, 0.2) is 24.3 Å². The smallest absolute Gasteiger partial charge is 0.119 e. The van der Waals surface area contributed by atoms with Crippen LogP contribution >= 0.6 is 0 Å². The quantitative estimate of drug-likeness (QED) is 0.740. The summed E-state index contributed by atoms with van der Waals surface area (Å²) < 4.78 is 5.42. The van der Waals surface area contributed by atoms with Crippen molar-refractivity contribution in [1.82, 2.24) is 5.32 Å². The summed E-state index contributed by atoms with van der Waals surface area (Å²) in [7, 11) is 1.76. The maximum Gasteiger partial charge on any atom is 0.119 e. The van der Waals surface area contributed by atoms with Gasteiger partial charge in [0.25, 0.3) is 0 Å². The largest absolute Gasteiger partial charge is 0.497 e. The molecule has 0 spiro atoms. The van der Waals surface area contributed by atoms with E-state index in [0.29, 0.717) is 5.92 Å². The predicted octanol–water partition coefficient (Wildman–Crippen LogP) is 4.60. The van der Waals surface area contributed by atoms with Crippen LogP contribution in [0.4, 0.5) is 0 Å². The highest BCUT2D eigenvalue weighted by Crippen LogP contribution is 2.42. The van der Waals surface area contributed by atoms with Gasteiger partial charge in [-0.05, 0) is 67.8 Å². The number of nitrogens with one attached hydrogen (secondary N) is 1. The Balaban J connectivity index is 2.11. The summed E-state index contributed by atoms with van der Waals surface area (Å²) in [6, 6.07) is 8.72. The Bertz CT molecular complexity index is 416. The van der Waals surface area contributed by atoms with Crippen LogP contribution in [-0.2, 0) is 0 Å². The normalized spacial score (nSPS) is 25.8. The number of ether oxygens (including phenoxy) is 1. The molecule has 2 heteroatoms. The molecule has 2 nitrogen and oxygen atoms in total. The Morgan fingerprint density at radius 2 is 2.10 bits per heavy atom. The van der Waals surface area contributed by atoms with Crippen molar-refractivity contribution in [3.63, 3.8) is 0 Å². The molecule has 1 N–H and O–H groups in total. The Morgan fingerprint density at radius 1 is 1.24 bits per heavy atom. The van der Waals surface area contributed by atoms with Crippen molar-refractivity contribution in [2.45, 2.75) is 51.9 Å². The fraction of sp³-hybridized carbons (Fsp3) is 0.684. The van der Waals surface area contributed by atoms with Crippen LogP contribution in [-0.4, -0.2) is 20.2 Å². The van der Waals surface area contributed by atoms with Crippen molar-refractivity contribution in [2.75, 3.05) is 20.2 Å². The van der Waals surface area contributed by atoms with Crippen LogP contribution in [0, 0.1) is 11.8 Å². The van der Waals surface area contributed by atoms with Crippen molar-refractivity contribution < 1.29 is 4.74 Å². The van der Waals surface area contributed by atoms with Gasteiger partial charge in [-0.25, -0.2) is 0 Å². The van der Waals surface area contributed by atoms with Crippen LogP contribution in [0.2, 0.25) is 0 Å². The molecular formula is C19H31NO. The molecule has 1 aliphatic carbocycles. The average Bonchev–Trinajstić information content (AvgIpc) is 2.55. The highest BCUT2D eigenvalue weighted by molar-refractivity contribution is 5.31. The van der Waals surface area contributed by atoms with Crippen molar-refractivity contribution in [1.29, 1.82) is 0 Å². The number of benzene rings is 1. The van der Waals surface area contributed by atoms with E-state index >= 15 is 0 Å². The van der Waals surface area contributed by atoms with Gasteiger partial charge in [-0.1, -0.05) is 38.8 Å². The van der Waals surface area contributed by atoms with Crippen LogP contribution in [0.1, 0.15) is 57.4 Å². The first-order valence-corrected chi connectivity index (χ1v) is 8.63. The summed E-state index contributed by atoms with van der Waals surface area (Å²) >= 11 is 0. The zero-order chi connectivity index (χ0) is 15.1. The van der Waals surface area contributed by atoms with Crippen LogP contribution in [0.5, 0.6) is 5.75 Å². The van der Waals surface area contributed by atoms with Gasteiger partial charge in [-0.2, -0.15) is 0 Å². The van der Waals surface area contributed by atoms with Crippen LogP contribution in [0.3, 0.4) is 0 Å². The Hall–Kier alpha value is -1.02. The molecule has 3 atom stereocenters. The zero-order valence-corrected chi connectivity index (χ0v) is 13.9. The lowest BCUT2D eigenvalue weighted by molar-refractivity contribution is 0.225. The summed E-state index contributed by atoms with van der Waals surface area (Å²) in [6.07, 6.45) is 6.62. The molecule has 3 unspecified atom stereocenters. The molecule has 1 saturated carbocycles. The van der Waals surface area contributed by atoms with E-state index in [0.717, 1.165) is 30.7 Å². The Morgan fingerprint density at radius 3 is 2.81 bits per heavy atom. The molecule has 0 bridgehead atoms. The lowest BCUT2D eigenvalue weighted by Gasteiger charge is -2.36. The molecule has 21 heavy (non-hydrogen) atoms. The molecule has 0 aliphatic heterocycles. The van der Waals surface area contributed by atoms with Gasteiger partial charge in [0, 0.05) is 0 Å². The third-order valence-electron chi connectivity index (χ3n) is 5.03. The number of hydrogen-bond donors (Lipinski definition) is 1. The van der Waals surface area contributed by atoms with Crippen LogP contribution < -0.4 is 10.1 Å². The standard InChI is InChI=1S/C19H31NO/c1-4-11-20-14-17-10-9-15(5-2)12-19(17)16-7-6-8-18(13-16)21-3/h6-8,13,15,17,19-20H,4-5,9-12,14H2,1-3H3. The first-order chi connectivity index (χ1) is 10.3. The van der Waals surface area contributed by atoms with Crippen molar-refractivity contribution in [3.05, 3.63) is 29.8 Å². The zero-order valence-electron chi connectivity index (χ0n) is 13.9. The van der Waals surface area contributed by atoms with Gasteiger partial charge in [0.15, 0.2) is 0 Å². The number of hydrogen-bond acceptors (Lipinski definition) is 2. The molecular weight excluding hydrogens is 258 g/mol. The number of rotatable bonds is 7. The average molecular weight is 289 g/mol. The highest BCUT2D eigenvalue weighted by Gasteiger charge is 2.30. The first kappa shape index (κ1) is 16.4. The molecule has 1 aromatic rings. The Labute approximate surface area is 130 Å². The fourth-order valence-electron chi connectivity index (χ4n) is 3.68. The first-order valence-electron chi connectivity index (χ1n) is 8.63. The number of methoxy groups -OCH3 is 1. The van der Waals surface area contributed by atoms with Gasteiger partial charge in [0.05, 0.1) is 7.11 Å². The molecule has 1 aliphatic rings. The third kappa shape index (κ3) is 4.47. The Kier molecular flexibility index (Phi) is 6.56. The summed E-state index contributed by atoms with van der Waals surface area (Å²) in [6.45, 7) is 6.87. The minimum absolute atomic E-state index is 0.683. The second-order valence-corrected chi connectivity index (χ2v) is 6.43. The van der Waals surface area contributed by atoms with Gasteiger partial charge in [0.1, 0.15) is 5.75 Å². The van der Waals surface area contributed by atoms with Crippen molar-refractivity contribution in [3.8, 4) is 5.75 Å². The van der Waals surface area contributed by atoms with E-state index in [1.54, 1.807) is 7.11 Å². The van der Waals surface area contributed by atoms with Crippen LogP contribution in [0.25, 0.3) is 0 Å². The summed E-state index contributed by atoms with van der Waals surface area (Å²) in [5, 5.41) is 3.63. The van der Waals surface area contributed by atoms with E-state index in [-0.39, 0.29) is 0 Å². The minimum Gasteiger partial charge on any atom is -0.497 e. The van der Waals surface area contributed by atoms with Gasteiger partial charge < -0.3 is 10.1 Å². The maximum atomic E-state index is 5.42. The molecule has 0 amide bonds. The van der Waals surface area contributed by atoms with Crippen molar-refractivity contribution >= 4 is 0 Å². The summed E-state index contributed by atoms with van der Waals surface area (Å²) in [5.41, 5.74) is 1.47. The topological polar surface area (TPSA) is 21.3 Å². The summed E-state index contributed by atoms with van der Waals surface area (Å²) in [4.78, 5) is 0. The molecule has 1 fully saturated rings. The van der Waals surface area contributed by atoms with E-state index in [4.69, 9.17) is 4.74 Å². The van der Waals surface area contributed by atoms with E-state index in [1.165, 1.54) is 37.7 Å². The van der Waals surface area contributed by atoms with Crippen molar-refractivity contribution in [2.24, 2.45) is 11.8 Å². The third-order valence-corrected chi connectivity index (χ3v) is 5.03. The maximum absolute atomic E-state index is 5.42. The molecule has 0 heterocycles. The van der Waals surface area contributed by atoms with E-state index < -0.39 is 0 Å². The SMILES string of the molecule is CCCNCC1CCC(CC)CC1c1cccc(OC)c1. The van der Waals surface area contributed by atoms with E-state index in [9.17, 15) is 0 Å². The second kappa shape index (κ2) is 8.43. The van der Waals surface area contributed by atoms with E-state index in [2.05, 4.69) is 37.4 Å². The monoisotopic (exact) mass is 289 g/mol. The lowest BCUT2D eigenvalue weighted by atomic mass is 9.70. The highest BCUT2D eigenvalue weighted by atomic mass is 16.5. The van der Waals surface area contributed by atoms with Gasteiger partial charge in [-0.15, -0.1) is 0 Å². The van der Waals surface area contributed by atoms with Gasteiger partial charge in [0.2, 0.25) is 0 Å². The second-order valence-electron chi connectivity index (χ2n) is 6.43. The molecule has 0 radical (unpaired) electrons.